The number of benzene rings is 1. The quantitative estimate of drug-likeness (QED) is 0.596. The number of aromatic nitrogens is 4. The van der Waals surface area contributed by atoms with Crippen molar-refractivity contribution in [3.63, 3.8) is 0 Å². The molecule has 1 N–H and O–H groups in total. The lowest BCUT2D eigenvalue weighted by atomic mass is 10.0. The maximum absolute atomic E-state index is 4.83. The Labute approximate surface area is 149 Å². The van der Waals surface area contributed by atoms with Crippen LogP contribution in [0.5, 0.6) is 0 Å². The molecule has 5 nitrogen and oxygen atoms in total. The molecule has 0 fully saturated rings. The van der Waals surface area contributed by atoms with Crippen molar-refractivity contribution in [3.05, 3.63) is 59.0 Å². The number of thiophene rings is 1. The summed E-state index contributed by atoms with van der Waals surface area (Å²) in [5, 5.41) is 10.6. The standard InChI is InChI=1S/C19H17N5S/c1-12-21-18(24-8-7-16-14(10-24)9-20-23-16)17-15(11-25-19(17)22-12)13-5-3-2-4-6-13/h2-6,9,11H,7-8,10H2,1H3,(H,20,23). The van der Waals surface area contributed by atoms with Gasteiger partial charge < -0.3 is 4.90 Å². The van der Waals surface area contributed by atoms with Gasteiger partial charge in [-0.3, -0.25) is 5.10 Å². The van der Waals surface area contributed by atoms with Gasteiger partial charge in [0.1, 0.15) is 16.5 Å². The van der Waals surface area contributed by atoms with Crippen molar-refractivity contribution in [2.24, 2.45) is 0 Å². The van der Waals surface area contributed by atoms with Crippen LogP contribution in [-0.4, -0.2) is 26.7 Å². The van der Waals surface area contributed by atoms with E-state index in [0.717, 1.165) is 41.4 Å². The van der Waals surface area contributed by atoms with Gasteiger partial charge in [-0.15, -0.1) is 11.3 Å². The molecule has 0 atom stereocenters. The Balaban J connectivity index is 1.69. The molecule has 5 rings (SSSR count). The SMILES string of the molecule is Cc1nc(N2CCc3[nH]ncc3C2)c2c(-c3ccccc3)csc2n1. The monoisotopic (exact) mass is 347 g/mol. The number of H-pyrrole nitrogens is 1. The van der Waals surface area contributed by atoms with Crippen molar-refractivity contribution in [1.29, 1.82) is 0 Å². The number of hydrogen-bond donors (Lipinski definition) is 1. The van der Waals surface area contributed by atoms with Crippen LogP contribution >= 0.6 is 11.3 Å². The van der Waals surface area contributed by atoms with E-state index >= 15 is 0 Å². The molecule has 0 radical (unpaired) electrons. The molecule has 0 bridgehead atoms. The van der Waals surface area contributed by atoms with E-state index < -0.39 is 0 Å². The van der Waals surface area contributed by atoms with Gasteiger partial charge >= 0.3 is 0 Å². The van der Waals surface area contributed by atoms with Crippen LogP contribution in [0, 0.1) is 6.92 Å². The molecule has 0 amide bonds. The Morgan fingerprint density at radius 1 is 1.16 bits per heavy atom. The molecular formula is C19H17N5S. The highest BCUT2D eigenvalue weighted by atomic mass is 32.1. The molecule has 3 aromatic heterocycles. The first kappa shape index (κ1) is 14.6. The summed E-state index contributed by atoms with van der Waals surface area (Å²) in [5.74, 6) is 1.86. The van der Waals surface area contributed by atoms with E-state index in [4.69, 9.17) is 4.98 Å². The summed E-state index contributed by atoms with van der Waals surface area (Å²) >= 11 is 1.69. The van der Waals surface area contributed by atoms with Gasteiger partial charge in [0.05, 0.1) is 11.6 Å². The summed E-state index contributed by atoms with van der Waals surface area (Å²) in [4.78, 5) is 12.9. The number of nitrogens with one attached hydrogen (secondary N) is 1. The molecule has 4 heterocycles. The Morgan fingerprint density at radius 3 is 2.92 bits per heavy atom. The van der Waals surface area contributed by atoms with Crippen LogP contribution in [0.15, 0.2) is 41.9 Å². The third kappa shape index (κ3) is 2.41. The lowest BCUT2D eigenvalue weighted by molar-refractivity contribution is 0.711. The van der Waals surface area contributed by atoms with Gasteiger partial charge in [-0.2, -0.15) is 5.10 Å². The number of fused-ring (bicyclic) bond motifs is 2. The molecular weight excluding hydrogens is 330 g/mol. The molecule has 4 aromatic rings. The molecule has 1 aromatic carbocycles. The zero-order chi connectivity index (χ0) is 16.8. The number of hydrogen-bond acceptors (Lipinski definition) is 5. The number of nitrogens with zero attached hydrogens (tertiary/aromatic N) is 4. The van der Waals surface area contributed by atoms with E-state index in [0.29, 0.717) is 0 Å². The average molecular weight is 347 g/mol. The van der Waals surface area contributed by atoms with Crippen molar-refractivity contribution in [3.8, 4) is 11.1 Å². The van der Waals surface area contributed by atoms with Crippen LogP contribution in [0.1, 0.15) is 17.1 Å². The lowest BCUT2D eigenvalue weighted by Gasteiger charge is -2.28. The lowest BCUT2D eigenvalue weighted by Crippen LogP contribution is -2.31. The largest absolute Gasteiger partial charge is 0.351 e. The molecule has 1 aliphatic heterocycles. The minimum Gasteiger partial charge on any atom is -0.351 e. The first-order chi connectivity index (χ1) is 12.3. The van der Waals surface area contributed by atoms with E-state index in [1.807, 2.05) is 19.2 Å². The zero-order valence-corrected chi connectivity index (χ0v) is 14.7. The number of anilines is 1. The topological polar surface area (TPSA) is 57.7 Å². The molecule has 6 heteroatoms. The summed E-state index contributed by atoms with van der Waals surface area (Å²) in [6.07, 6.45) is 2.89. The third-order valence-corrected chi connectivity index (χ3v) is 5.58. The van der Waals surface area contributed by atoms with Gasteiger partial charge in [-0.25, -0.2) is 9.97 Å². The van der Waals surface area contributed by atoms with Crippen molar-refractivity contribution in [1.82, 2.24) is 20.2 Å². The summed E-state index contributed by atoms with van der Waals surface area (Å²) in [6, 6.07) is 10.5. The first-order valence-corrected chi connectivity index (χ1v) is 9.25. The van der Waals surface area contributed by atoms with E-state index in [2.05, 4.69) is 49.7 Å². The van der Waals surface area contributed by atoms with Crippen molar-refractivity contribution in [2.45, 2.75) is 19.9 Å². The number of aryl methyl sites for hydroxylation is 1. The number of aromatic amines is 1. The fourth-order valence-electron chi connectivity index (χ4n) is 3.49. The van der Waals surface area contributed by atoms with Gasteiger partial charge in [0.15, 0.2) is 0 Å². The second-order valence-electron chi connectivity index (χ2n) is 6.34. The van der Waals surface area contributed by atoms with E-state index in [1.54, 1.807) is 11.3 Å². The van der Waals surface area contributed by atoms with E-state index in [9.17, 15) is 0 Å². The van der Waals surface area contributed by atoms with Crippen LogP contribution in [0.2, 0.25) is 0 Å². The second-order valence-corrected chi connectivity index (χ2v) is 7.19. The highest BCUT2D eigenvalue weighted by Crippen LogP contribution is 2.39. The maximum atomic E-state index is 4.83. The predicted molar refractivity (Wildman–Crippen MR) is 101 cm³/mol. The Morgan fingerprint density at radius 2 is 2.04 bits per heavy atom. The normalized spacial score (nSPS) is 14.0. The molecule has 124 valence electrons. The third-order valence-electron chi connectivity index (χ3n) is 4.71. The fraction of sp³-hybridized carbons (Fsp3) is 0.211. The van der Waals surface area contributed by atoms with Crippen LogP contribution in [0.4, 0.5) is 5.82 Å². The van der Waals surface area contributed by atoms with Gasteiger partial charge in [0.25, 0.3) is 0 Å². The van der Waals surface area contributed by atoms with E-state index in [-0.39, 0.29) is 0 Å². The van der Waals surface area contributed by atoms with Crippen molar-refractivity contribution in [2.75, 3.05) is 11.4 Å². The predicted octanol–water partition coefficient (Wildman–Crippen LogP) is 3.95. The van der Waals surface area contributed by atoms with Gasteiger partial charge in [0, 0.05) is 41.7 Å². The highest BCUT2D eigenvalue weighted by Gasteiger charge is 2.23. The highest BCUT2D eigenvalue weighted by molar-refractivity contribution is 7.17. The second kappa shape index (κ2) is 5.67. The average Bonchev–Trinajstić information content (AvgIpc) is 3.27. The van der Waals surface area contributed by atoms with Crippen LogP contribution in [0.25, 0.3) is 21.3 Å². The van der Waals surface area contributed by atoms with Crippen molar-refractivity contribution >= 4 is 27.4 Å². The fourth-order valence-corrected chi connectivity index (χ4v) is 4.48. The Hall–Kier alpha value is -2.73. The Bertz CT molecular complexity index is 1050. The summed E-state index contributed by atoms with van der Waals surface area (Å²) in [6.45, 7) is 3.74. The molecule has 1 aliphatic rings. The molecule has 0 unspecified atom stereocenters. The smallest absolute Gasteiger partial charge is 0.142 e. The van der Waals surface area contributed by atoms with E-state index in [1.165, 1.54) is 22.4 Å². The molecule has 25 heavy (non-hydrogen) atoms. The Kier molecular flexibility index (Phi) is 3.31. The summed E-state index contributed by atoms with van der Waals surface area (Å²) in [5.41, 5.74) is 4.93. The van der Waals surface area contributed by atoms with Gasteiger partial charge in [0.2, 0.25) is 0 Å². The van der Waals surface area contributed by atoms with Gasteiger partial charge in [-0.05, 0) is 12.5 Å². The minimum atomic E-state index is 0.821. The molecule has 0 aliphatic carbocycles. The summed E-state index contributed by atoms with van der Waals surface area (Å²) < 4.78 is 0. The molecule has 0 saturated heterocycles. The first-order valence-electron chi connectivity index (χ1n) is 8.37. The molecule has 0 saturated carbocycles. The zero-order valence-electron chi connectivity index (χ0n) is 13.9. The number of rotatable bonds is 2. The summed E-state index contributed by atoms with van der Waals surface area (Å²) in [7, 11) is 0. The van der Waals surface area contributed by atoms with Crippen molar-refractivity contribution < 1.29 is 0 Å². The van der Waals surface area contributed by atoms with Crippen LogP contribution in [-0.2, 0) is 13.0 Å². The van der Waals surface area contributed by atoms with Crippen LogP contribution in [0.3, 0.4) is 0 Å². The minimum absolute atomic E-state index is 0.821. The molecule has 0 spiro atoms. The van der Waals surface area contributed by atoms with Crippen LogP contribution < -0.4 is 4.90 Å². The van der Waals surface area contributed by atoms with Gasteiger partial charge in [-0.1, -0.05) is 30.3 Å². The maximum Gasteiger partial charge on any atom is 0.142 e.